The highest BCUT2D eigenvalue weighted by Crippen LogP contribution is 2.18. The quantitative estimate of drug-likeness (QED) is 0.452. The fourth-order valence-corrected chi connectivity index (χ4v) is 4.66. The zero-order chi connectivity index (χ0) is 26.0. The Bertz CT molecular complexity index is 1160. The molecule has 6 heteroatoms. The molecule has 196 valence electrons. The lowest BCUT2D eigenvalue weighted by atomic mass is 9.99. The van der Waals surface area contributed by atoms with Crippen LogP contribution in [0.1, 0.15) is 71.8 Å². The van der Waals surface area contributed by atoms with Gasteiger partial charge in [0.2, 0.25) is 0 Å². The summed E-state index contributed by atoms with van der Waals surface area (Å²) < 4.78 is 5.98. The van der Waals surface area contributed by atoms with Gasteiger partial charge in [-0.25, -0.2) is 0 Å². The smallest absolute Gasteiger partial charge is 0.251 e. The summed E-state index contributed by atoms with van der Waals surface area (Å²) in [5, 5.41) is 17.6. The Labute approximate surface area is 220 Å². The van der Waals surface area contributed by atoms with Crippen LogP contribution in [0.4, 0.5) is 0 Å². The summed E-state index contributed by atoms with van der Waals surface area (Å²) in [4.78, 5) is 17.7. The number of carbonyl (C=O) groups is 1. The lowest BCUT2D eigenvalue weighted by Crippen LogP contribution is -2.48. The van der Waals surface area contributed by atoms with E-state index in [1.807, 2.05) is 54.7 Å². The van der Waals surface area contributed by atoms with Crippen LogP contribution < -0.4 is 15.4 Å². The fraction of sp³-hybridized carbons (Fsp3) is 0.419. The van der Waals surface area contributed by atoms with Gasteiger partial charge in [0.1, 0.15) is 5.75 Å². The maximum Gasteiger partial charge on any atom is 0.251 e. The first-order valence-corrected chi connectivity index (χ1v) is 13.4. The highest BCUT2D eigenvalue weighted by atomic mass is 16.5. The molecule has 37 heavy (non-hydrogen) atoms. The van der Waals surface area contributed by atoms with E-state index in [9.17, 15) is 9.90 Å². The number of aliphatic hydroxyl groups is 1. The van der Waals surface area contributed by atoms with Gasteiger partial charge >= 0.3 is 0 Å². The van der Waals surface area contributed by atoms with E-state index in [0.717, 1.165) is 48.3 Å². The monoisotopic (exact) mass is 501 g/mol. The van der Waals surface area contributed by atoms with Crippen molar-refractivity contribution in [2.45, 2.75) is 70.6 Å². The molecule has 0 unspecified atom stereocenters. The topological polar surface area (TPSA) is 83.5 Å². The average molecular weight is 502 g/mol. The molecule has 0 saturated carbocycles. The normalized spacial score (nSPS) is 17.6. The molecular weight excluding hydrogens is 462 g/mol. The third-order valence-electron chi connectivity index (χ3n) is 6.87. The van der Waals surface area contributed by atoms with Gasteiger partial charge in [-0.05, 0) is 91.1 Å². The summed E-state index contributed by atoms with van der Waals surface area (Å²) in [7, 11) is 0. The van der Waals surface area contributed by atoms with Crippen molar-refractivity contribution in [2.24, 2.45) is 0 Å². The predicted octanol–water partition coefficient (Wildman–Crippen LogP) is 4.80. The molecule has 3 N–H and O–H groups in total. The largest absolute Gasteiger partial charge is 0.494 e. The SMILES string of the molecule is CC(C)c1ccnc(CNC[C@@H](O)[C@@H]2Cc3cccc(c3)OCCCCCc3cccc(c3)C(=O)N2)c1. The van der Waals surface area contributed by atoms with Crippen LogP contribution in [0.2, 0.25) is 0 Å². The van der Waals surface area contributed by atoms with Gasteiger partial charge in [0.15, 0.2) is 0 Å². The van der Waals surface area contributed by atoms with E-state index < -0.39 is 12.1 Å². The Morgan fingerprint density at radius 1 is 1.05 bits per heavy atom. The highest BCUT2D eigenvalue weighted by molar-refractivity contribution is 5.94. The van der Waals surface area contributed by atoms with Gasteiger partial charge in [0.05, 0.1) is 24.4 Å². The van der Waals surface area contributed by atoms with Gasteiger partial charge in [-0.3, -0.25) is 9.78 Å². The molecule has 1 aliphatic heterocycles. The van der Waals surface area contributed by atoms with E-state index in [-0.39, 0.29) is 5.91 Å². The van der Waals surface area contributed by atoms with Crippen LogP contribution in [0.3, 0.4) is 0 Å². The Hall–Kier alpha value is -3.22. The number of amides is 1. The zero-order valence-electron chi connectivity index (χ0n) is 22.0. The van der Waals surface area contributed by atoms with E-state index in [1.54, 1.807) is 0 Å². The Morgan fingerprint density at radius 2 is 1.89 bits per heavy atom. The van der Waals surface area contributed by atoms with Gasteiger partial charge < -0.3 is 20.5 Å². The molecule has 6 nitrogen and oxygen atoms in total. The number of hydrogen-bond acceptors (Lipinski definition) is 5. The number of aryl methyl sites for hydroxylation is 1. The van der Waals surface area contributed by atoms with E-state index in [2.05, 4.69) is 41.6 Å². The molecule has 4 rings (SSSR count). The number of carbonyl (C=O) groups excluding carboxylic acids is 1. The fourth-order valence-electron chi connectivity index (χ4n) is 4.66. The van der Waals surface area contributed by atoms with Gasteiger partial charge in [-0.1, -0.05) is 38.1 Å². The Kier molecular flexibility index (Phi) is 9.69. The van der Waals surface area contributed by atoms with E-state index >= 15 is 0 Å². The molecule has 1 amide bonds. The Balaban J connectivity index is 1.49. The van der Waals surface area contributed by atoms with Crippen LogP contribution in [0.25, 0.3) is 0 Å². The number of pyridine rings is 1. The van der Waals surface area contributed by atoms with Crippen molar-refractivity contribution in [1.29, 1.82) is 0 Å². The molecule has 0 saturated heterocycles. The van der Waals surface area contributed by atoms with Gasteiger partial charge in [-0.2, -0.15) is 0 Å². The third-order valence-corrected chi connectivity index (χ3v) is 6.87. The van der Waals surface area contributed by atoms with Crippen molar-refractivity contribution in [1.82, 2.24) is 15.6 Å². The number of fused-ring (bicyclic) bond motifs is 4. The first-order chi connectivity index (χ1) is 18.0. The average Bonchev–Trinajstić information content (AvgIpc) is 2.90. The molecule has 0 aliphatic carbocycles. The second-order valence-electron chi connectivity index (χ2n) is 10.2. The van der Waals surface area contributed by atoms with Crippen molar-refractivity contribution in [3.8, 4) is 5.75 Å². The van der Waals surface area contributed by atoms with E-state index in [1.165, 1.54) is 5.56 Å². The maximum absolute atomic E-state index is 13.2. The number of hydrogen-bond donors (Lipinski definition) is 3. The molecule has 2 atom stereocenters. The van der Waals surface area contributed by atoms with Crippen molar-refractivity contribution < 1.29 is 14.6 Å². The highest BCUT2D eigenvalue weighted by Gasteiger charge is 2.23. The molecule has 4 bridgehead atoms. The van der Waals surface area contributed by atoms with Crippen LogP contribution in [-0.2, 0) is 19.4 Å². The molecular formula is C31H39N3O3. The number of ether oxygens (including phenoxy) is 1. The minimum absolute atomic E-state index is 0.170. The minimum Gasteiger partial charge on any atom is -0.494 e. The zero-order valence-corrected chi connectivity index (χ0v) is 22.0. The Morgan fingerprint density at radius 3 is 2.76 bits per heavy atom. The molecule has 3 aromatic rings. The van der Waals surface area contributed by atoms with Crippen molar-refractivity contribution in [2.75, 3.05) is 13.2 Å². The molecule has 2 aromatic carbocycles. The summed E-state index contributed by atoms with van der Waals surface area (Å²) in [5.41, 5.74) is 4.96. The first-order valence-electron chi connectivity index (χ1n) is 13.4. The number of nitrogens with zero attached hydrogens (tertiary/aromatic N) is 1. The van der Waals surface area contributed by atoms with Crippen molar-refractivity contribution in [3.63, 3.8) is 0 Å². The maximum atomic E-state index is 13.2. The van der Waals surface area contributed by atoms with E-state index in [0.29, 0.717) is 37.6 Å². The van der Waals surface area contributed by atoms with Crippen LogP contribution in [0, 0.1) is 0 Å². The summed E-state index contributed by atoms with van der Waals surface area (Å²) >= 11 is 0. The third kappa shape index (κ3) is 8.14. The van der Waals surface area contributed by atoms with Crippen LogP contribution >= 0.6 is 0 Å². The molecule has 1 aromatic heterocycles. The molecule has 1 aliphatic rings. The van der Waals surface area contributed by atoms with Crippen molar-refractivity contribution >= 4 is 5.91 Å². The van der Waals surface area contributed by atoms with Crippen LogP contribution in [0.15, 0.2) is 66.9 Å². The second kappa shape index (κ2) is 13.4. The standard InChI is InChI=1S/C31H39N3O3/c1-22(2)25-13-14-33-27(19-25)20-32-21-30(35)29-18-24-10-7-12-28(17-24)37-15-5-3-4-8-23-9-6-11-26(16-23)31(36)34-29/h6-7,9-14,16-17,19,22,29-30,32,35H,3-5,8,15,18,20-21H2,1-2H3,(H,34,36)/t29-,30+/m0/s1. The number of aliphatic hydroxyl groups excluding tert-OH is 1. The number of nitrogens with one attached hydrogen (secondary N) is 2. The molecule has 0 spiro atoms. The van der Waals surface area contributed by atoms with Crippen LogP contribution in [0.5, 0.6) is 5.75 Å². The lowest BCUT2D eigenvalue weighted by molar-refractivity contribution is 0.0829. The van der Waals surface area contributed by atoms with Crippen molar-refractivity contribution in [3.05, 3.63) is 94.8 Å². The molecule has 0 fully saturated rings. The summed E-state index contributed by atoms with van der Waals surface area (Å²) in [5.74, 6) is 1.08. The van der Waals surface area contributed by atoms with E-state index in [4.69, 9.17) is 4.74 Å². The lowest BCUT2D eigenvalue weighted by Gasteiger charge is -2.25. The summed E-state index contributed by atoms with van der Waals surface area (Å²) in [6, 6.07) is 19.4. The number of rotatable bonds is 6. The first kappa shape index (κ1) is 26.8. The number of benzene rings is 2. The second-order valence-corrected chi connectivity index (χ2v) is 10.2. The summed E-state index contributed by atoms with van der Waals surface area (Å²) in [6.45, 7) is 5.87. The predicted molar refractivity (Wildman–Crippen MR) is 147 cm³/mol. The summed E-state index contributed by atoms with van der Waals surface area (Å²) in [6.07, 6.45) is 5.58. The van der Waals surface area contributed by atoms with Gasteiger partial charge in [-0.15, -0.1) is 0 Å². The molecule has 2 heterocycles. The van der Waals surface area contributed by atoms with Gasteiger partial charge in [0.25, 0.3) is 5.91 Å². The minimum atomic E-state index is -0.788. The van der Waals surface area contributed by atoms with Crippen LogP contribution in [-0.4, -0.2) is 41.3 Å². The number of aromatic nitrogens is 1. The molecule has 0 radical (unpaired) electrons. The van der Waals surface area contributed by atoms with Gasteiger partial charge in [0, 0.05) is 24.8 Å².